The number of aliphatic hydroxyl groups excluding tert-OH is 1. The number of hydrogen-bond donors (Lipinski definition) is 2. The molecule has 2 amide bonds. The number of urea groups is 1. The van der Waals surface area contributed by atoms with Crippen LogP contribution in [0.3, 0.4) is 0 Å². The lowest BCUT2D eigenvalue weighted by Crippen LogP contribution is -2.48. The van der Waals surface area contributed by atoms with E-state index in [1.54, 1.807) is 0 Å². The van der Waals surface area contributed by atoms with Gasteiger partial charge in [0.2, 0.25) is 0 Å². The second kappa shape index (κ2) is 8.36. The number of carbonyl (C=O) groups excluding carboxylic acids is 1. The molecule has 4 heteroatoms. The van der Waals surface area contributed by atoms with Gasteiger partial charge < -0.3 is 15.3 Å². The number of likely N-dealkylation sites (tertiary alicyclic amines) is 1. The molecule has 23 heavy (non-hydrogen) atoms. The molecule has 0 spiro atoms. The quantitative estimate of drug-likeness (QED) is 0.826. The van der Waals surface area contributed by atoms with Crippen molar-refractivity contribution in [2.24, 2.45) is 5.92 Å². The van der Waals surface area contributed by atoms with Crippen molar-refractivity contribution in [2.45, 2.75) is 102 Å². The monoisotopic (exact) mass is 322 g/mol. The van der Waals surface area contributed by atoms with Crippen LogP contribution in [0.4, 0.5) is 4.79 Å². The van der Waals surface area contributed by atoms with Gasteiger partial charge in [0.15, 0.2) is 0 Å². The Balaban J connectivity index is 1.43. The number of nitrogens with zero attached hydrogens (tertiary/aromatic N) is 1. The van der Waals surface area contributed by atoms with E-state index in [9.17, 15) is 9.90 Å². The van der Waals surface area contributed by atoms with Crippen molar-refractivity contribution in [3.05, 3.63) is 0 Å². The molecule has 1 saturated heterocycles. The van der Waals surface area contributed by atoms with Gasteiger partial charge in [0.25, 0.3) is 0 Å². The van der Waals surface area contributed by atoms with Crippen molar-refractivity contribution < 1.29 is 9.90 Å². The van der Waals surface area contributed by atoms with Gasteiger partial charge in [-0.25, -0.2) is 4.79 Å². The lowest BCUT2D eigenvalue weighted by molar-refractivity contribution is 0.114. The second-order valence-electron chi connectivity index (χ2n) is 8.03. The van der Waals surface area contributed by atoms with E-state index in [-0.39, 0.29) is 18.2 Å². The summed E-state index contributed by atoms with van der Waals surface area (Å²) in [7, 11) is 0. The highest BCUT2D eigenvalue weighted by atomic mass is 16.3. The predicted octanol–water partition coefficient (Wildman–Crippen LogP) is 3.82. The van der Waals surface area contributed by atoms with E-state index in [0.29, 0.717) is 6.04 Å². The first-order chi connectivity index (χ1) is 11.2. The summed E-state index contributed by atoms with van der Waals surface area (Å²) in [5.74, 6) is 0.911. The van der Waals surface area contributed by atoms with Crippen molar-refractivity contribution in [2.75, 3.05) is 6.54 Å². The molecule has 0 bridgehead atoms. The van der Waals surface area contributed by atoms with Gasteiger partial charge in [-0.15, -0.1) is 0 Å². The lowest BCUT2D eigenvalue weighted by Gasteiger charge is -2.31. The van der Waals surface area contributed by atoms with Gasteiger partial charge in [0, 0.05) is 18.6 Å². The minimum Gasteiger partial charge on any atom is -0.393 e. The number of aliphatic hydroxyl groups is 1. The molecule has 1 unspecified atom stereocenters. The van der Waals surface area contributed by atoms with Gasteiger partial charge in [-0.2, -0.15) is 0 Å². The fraction of sp³-hybridized carbons (Fsp3) is 0.947. The molecular formula is C19H34N2O2. The van der Waals surface area contributed by atoms with Crippen LogP contribution >= 0.6 is 0 Å². The number of rotatable bonds is 4. The maximum Gasteiger partial charge on any atom is 0.317 e. The zero-order valence-corrected chi connectivity index (χ0v) is 14.5. The molecule has 0 aromatic rings. The summed E-state index contributed by atoms with van der Waals surface area (Å²) in [6.45, 7) is 0.927. The van der Waals surface area contributed by atoms with E-state index in [2.05, 4.69) is 10.2 Å². The lowest BCUT2D eigenvalue weighted by atomic mass is 9.85. The van der Waals surface area contributed by atoms with Gasteiger partial charge in [-0.3, -0.25) is 0 Å². The van der Waals surface area contributed by atoms with Crippen LogP contribution in [0, 0.1) is 5.92 Å². The van der Waals surface area contributed by atoms with Crippen LogP contribution in [0.1, 0.15) is 83.5 Å². The van der Waals surface area contributed by atoms with E-state index in [1.807, 2.05) is 0 Å². The third kappa shape index (κ3) is 4.85. The molecule has 4 nitrogen and oxygen atoms in total. The standard InChI is InChI=1S/C19H34N2O2/c22-18-12-9-16(10-13-18)20-19(23)21-14-4-7-17(21)11-8-15-5-2-1-3-6-15/h15-18,22H,1-14H2,(H,20,23). The molecule has 3 fully saturated rings. The minimum atomic E-state index is -0.154. The van der Waals surface area contributed by atoms with Gasteiger partial charge in [-0.1, -0.05) is 32.1 Å². The van der Waals surface area contributed by atoms with E-state index in [1.165, 1.54) is 51.4 Å². The van der Waals surface area contributed by atoms with E-state index >= 15 is 0 Å². The Kier molecular flexibility index (Phi) is 6.21. The van der Waals surface area contributed by atoms with Crippen molar-refractivity contribution in [1.29, 1.82) is 0 Å². The summed E-state index contributed by atoms with van der Waals surface area (Å²) in [6, 6.07) is 0.883. The Hall–Kier alpha value is -0.770. The van der Waals surface area contributed by atoms with E-state index in [0.717, 1.165) is 44.6 Å². The Morgan fingerprint density at radius 1 is 0.913 bits per heavy atom. The summed E-state index contributed by atoms with van der Waals surface area (Å²) in [5, 5.41) is 12.8. The summed E-state index contributed by atoms with van der Waals surface area (Å²) < 4.78 is 0. The maximum atomic E-state index is 12.6. The van der Waals surface area contributed by atoms with Gasteiger partial charge in [0.1, 0.15) is 0 Å². The molecule has 0 aromatic heterocycles. The molecule has 2 aliphatic carbocycles. The maximum absolute atomic E-state index is 12.6. The van der Waals surface area contributed by atoms with Crippen LogP contribution in [-0.2, 0) is 0 Å². The Morgan fingerprint density at radius 2 is 1.65 bits per heavy atom. The molecule has 0 radical (unpaired) electrons. The van der Waals surface area contributed by atoms with Crippen LogP contribution in [0.5, 0.6) is 0 Å². The van der Waals surface area contributed by atoms with Crippen molar-refractivity contribution >= 4 is 6.03 Å². The van der Waals surface area contributed by atoms with Crippen LogP contribution in [-0.4, -0.2) is 40.8 Å². The zero-order chi connectivity index (χ0) is 16.1. The predicted molar refractivity (Wildman–Crippen MR) is 92.3 cm³/mol. The first kappa shape index (κ1) is 17.1. The van der Waals surface area contributed by atoms with Crippen molar-refractivity contribution in [3.63, 3.8) is 0 Å². The molecule has 2 N–H and O–H groups in total. The second-order valence-corrected chi connectivity index (χ2v) is 8.03. The average Bonchev–Trinajstić information content (AvgIpc) is 3.05. The van der Waals surface area contributed by atoms with Crippen LogP contribution < -0.4 is 5.32 Å². The van der Waals surface area contributed by atoms with Crippen molar-refractivity contribution in [1.82, 2.24) is 10.2 Å². The van der Waals surface area contributed by atoms with Gasteiger partial charge in [0.05, 0.1) is 6.10 Å². The number of carbonyl (C=O) groups is 1. The molecule has 1 aliphatic heterocycles. The number of amides is 2. The highest BCUT2D eigenvalue weighted by Gasteiger charge is 2.31. The van der Waals surface area contributed by atoms with Crippen LogP contribution in [0.2, 0.25) is 0 Å². The van der Waals surface area contributed by atoms with Crippen LogP contribution in [0.15, 0.2) is 0 Å². The summed E-state index contributed by atoms with van der Waals surface area (Å²) in [6.07, 6.45) is 15.3. The van der Waals surface area contributed by atoms with E-state index < -0.39 is 0 Å². The Labute approximate surface area is 141 Å². The topological polar surface area (TPSA) is 52.6 Å². The Morgan fingerprint density at radius 3 is 2.39 bits per heavy atom. The Bertz CT molecular complexity index is 374. The summed E-state index contributed by atoms with van der Waals surface area (Å²) in [4.78, 5) is 14.7. The van der Waals surface area contributed by atoms with E-state index in [4.69, 9.17) is 0 Å². The van der Waals surface area contributed by atoms with Gasteiger partial charge in [-0.05, 0) is 57.3 Å². The first-order valence-electron chi connectivity index (χ1n) is 9.97. The molecule has 2 saturated carbocycles. The molecule has 3 aliphatic rings. The first-order valence-corrected chi connectivity index (χ1v) is 9.97. The SMILES string of the molecule is O=C(NC1CCC(O)CC1)N1CCCC1CCC1CCCCC1. The molecule has 1 atom stereocenters. The fourth-order valence-corrected chi connectivity index (χ4v) is 4.78. The molecular weight excluding hydrogens is 288 g/mol. The third-order valence-electron chi connectivity index (χ3n) is 6.30. The fourth-order valence-electron chi connectivity index (χ4n) is 4.78. The van der Waals surface area contributed by atoms with Crippen LogP contribution in [0.25, 0.3) is 0 Å². The summed E-state index contributed by atoms with van der Waals surface area (Å²) in [5.41, 5.74) is 0. The van der Waals surface area contributed by atoms with Gasteiger partial charge >= 0.3 is 6.03 Å². The number of hydrogen-bond acceptors (Lipinski definition) is 2. The molecule has 1 heterocycles. The smallest absolute Gasteiger partial charge is 0.317 e. The molecule has 3 rings (SSSR count). The highest BCUT2D eigenvalue weighted by molar-refractivity contribution is 5.75. The third-order valence-corrected chi connectivity index (χ3v) is 6.30. The largest absolute Gasteiger partial charge is 0.393 e. The highest BCUT2D eigenvalue weighted by Crippen LogP contribution is 2.30. The van der Waals surface area contributed by atoms with Crippen molar-refractivity contribution in [3.8, 4) is 0 Å². The average molecular weight is 322 g/mol. The molecule has 132 valence electrons. The number of nitrogens with one attached hydrogen (secondary N) is 1. The minimum absolute atomic E-state index is 0.150. The zero-order valence-electron chi connectivity index (χ0n) is 14.5. The normalized spacial score (nSPS) is 32.9. The molecule has 0 aromatic carbocycles. The summed E-state index contributed by atoms with van der Waals surface area (Å²) >= 11 is 0.